The van der Waals surface area contributed by atoms with E-state index in [-0.39, 0.29) is 22.6 Å². The lowest BCUT2D eigenvalue weighted by Crippen LogP contribution is -2.36. The molecule has 176 valence electrons. The first-order valence-corrected chi connectivity index (χ1v) is 11.2. The highest BCUT2D eigenvalue weighted by Gasteiger charge is 2.21. The first-order valence-electron chi connectivity index (χ1n) is 11.2. The minimum Gasteiger partial charge on any atom is -0.462 e. The van der Waals surface area contributed by atoms with Crippen molar-refractivity contribution in [2.24, 2.45) is 14.1 Å². The van der Waals surface area contributed by atoms with Crippen LogP contribution in [0.15, 0.2) is 64.3 Å². The maximum absolute atomic E-state index is 13.3. The topological polar surface area (TPSA) is 75.2 Å². The van der Waals surface area contributed by atoms with E-state index in [2.05, 4.69) is 32.9 Å². The third kappa shape index (κ3) is 3.87. The van der Waals surface area contributed by atoms with E-state index in [9.17, 15) is 14.4 Å². The standard InChI is InChI=1S/C27H29N3O4/c1-7-34-25(32)18-10-14-20(15-11-18)30-16-21-22(24(31)29(6)26(33)28(21)5)23(30)17-8-12-19(13-9-17)27(2,3)4/h8-16H,7H2,1-6H3. The van der Waals surface area contributed by atoms with Gasteiger partial charge in [-0.25, -0.2) is 9.59 Å². The first kappa shape index (κ1) is 23.3. The molecule has 0 atom stereocenters. The average molecular weight is 460 g/mol. The van der Waals surface area contributed by atoms with E-state index in [1.807, 2.05) is 16.7 Å². The predicted octanol–water partition coefficient (Wildman–Crippen LogP) is 4.17. The molecule has 0 amide bonds. The molecule has 0 fully saturated rings. The number of nitrogens with zero attached hydrogens (tertiary/aromatic N) is 3. The monoisotopic (exact) mass is 459 g/mol. The lowest BCUT2D eigenvalue weighted by molar-refractivity contribution is 0.0526. The smallest absolute Gasteiger partial charge is 0.338 e. The summed E-state index contributed by atoms with van der Waals surface area (Å²) >= 11 is 0. The summed E-state index contributed by atoms with van der Waals surface area (Å²) in [5.74, 6) is -0.388. The highest BCUT2D eigenvalue weighted by Crippen LogP contribution is 2.32. The van der Waals surface area contributed by atoms with Gasteiger partial charge >= 0.3 is 11.7 Å². The van der Waals surface area contributed by atoms with E-state index in [0.717, 1.165) is 15.8 Å². The van der Waals surface area contributed by atoms with Crippen LogP contribution in [0.1, 0.15) is 43.6 Å². The molecule has 2 aromatic heterocycles. The molecule has 0 aliphatic heterocycles. The highest BCUT2D eigenvalue weighted by atomic mass is 16.5. The number of fused-ring (bicyclic) bond motifs is 1. The van der Waals surface area contributed by atoms with Crippen molar-refractivity contribution in [3.05, 3.63) is 86.7 Å². The second-order valence-electron chi connectivity index (χ2n) is 9.41. The summed E-state index contributed by atoms with van der Waals surface area (Å²) in [6.07, 6.45) is 1.80. The normalized spacial score (nSPS) is 11.7. The van der Waals surface area contributed by atoms with Gasteiger partial charge in [-0.2, -0.15) is 0 Å². The fraction of sp³-hybridized carbons (Fsp3) is 0.296. The van der Waals surface area contributed by atoms with Crippen molar-refractivity contribution in [1.29, 1.82) is 0 Å². The van der Waals surface area contributed by atoms with Crippen LogP contribution < -0.4 is 11.2 Å². The number of hydrogen-bond donors (Lipinski definition) is 0. The van der Waals surface area contributed by atoms with Gasteiger partial charge in [0.25, 0.3) is 5.56 Å². The van der Waals surface area contributed by atoms with E-state index >= 15 is 0 Å². The summed E-state index contributed by atoms with van der Waals surface area (Å²) in [5.41, 5.74) is 3.72. The van der Waals surface area contributed by atoms with Gasteiger partial charge in [0, 0.05) is 26.0 Å². The van der Waals surface area contributed by atoms with E-state index in [1.165, 1.54) is 17.2 Å². The minimum atomic E-state index is -0.388. The Morgan fingerprint density at radius 3 is 2.09 bits per heavy atom. The van der Waals surface area contributed by atoms with Crippen LogP contribution in [0.3, 0.4) is 0 Å². The SMILES string of the molecule is CCOC(=O)c1ccc(-n2cc3c(c2-c2ccc(C(C)(C)C)cc2)c(=O)n(C)c(=O)n3C)cc1. The van der Waals surface area contributed by atoms with Crippen LogP contribution >= 0.6 is 0 Å². The van der Waals surface area contributed by atoms with Gasteiger partial charge in [0.05, 0.1) is 28.8 Å². The molecule has 0 bridgehead atoms. The lowest BCUT2D eigenvalue weighted by atomic mass is 9.86. The van der Waals surface area contributed by atoms with Crippen LogP contribution in [0, 0.1) is 0 Å². The molecule has 2 aromatic carbocycles. The van der Waals surface area contributed by atoms with Crippen LogP contribution in [0.4, 0.5) is 0 Å². The second kappa shape index (κ2) is 8.48. The number of hydrogen-bond acceptors (Lipinski definition) is 4. The molecule has 0 spiro atoms. The van der Waals surface area contributed by atoms with Gasteiger partial charge in [0.2, 0.25) is 0 Å². The zero-order valence-electron chi connectivity index (χ0n) is 20.4. The number of rotatable bonds is 4. The van der Waals surface area contributed by atoms with E-state index in [0.29, 0.717) is 28.8 Å². The van der Waals surface area contributed by atoms with Crippen LogP contribution in [0.2, 0.25) is 0 Å². The zero-order chi connectivity index (χ0) is 24.8. The maximum Gasteiger partial charge on any atom is 0.338 e. The zero-order valence-corrected chi connectivity index (χ0v) is 20.4. The molecule has 0 aliphatic carbocycles. The van der Waals surface area contributed by atoms with Crippen molar-refractivity contribution < 1.29 is 9.53 Å². The molecule has 0 aliphatic rings. The van der Waals surface area contributed by atoms with Crippen LogP contribution in [0.25, 0.3) is 27.8 Å². The summed E-state index contributed by atoms with van der Waals surface area (Å²) in [6, 6.07) is 15.1. The average Bonchev–Trinajstić information content (AvgIpc) is 3.22. The number of ether oxygens (including phenoxy) is 1. The predicted molar refractivity (Wildman–Crippen MR) is 134 cm³/mol. The quantitative estimate of drug-likeness (QED) is 0.429. The molecule has 0 radical (unpaired) electrons. The van der Waals surface area contributed by atoms with E-state index in [4.69, 9.17) is 4.74 Å². The summed E-state index contributed by atoms with van der Waals surface area (Å²) in [7, 11) is 3.15. The molecule has 4 aromatic rings. The molecule has 4 rings (SSSR count). The molecule has 2 heterocycles. The molecule has 7 nitrogen and oxygen atoms in total. The van der Waals surface area contributed by atoms with Gasteiger partial charge in [-0.3, -0.25) is 13.9 Å². The largest absolute Gasteiger partial charge is 0.462 e. The van der Waals surface area contributed by atoms with E-state index in [1.54, 1.807) is 44.4 Å². The molecule has 0 N–H and O–H groups in total. The van der Waals surface area contributed by atoms with Crippen LogP contribution in [0.5, 0.6) is 0 Å². The van der Waals surface area contributed by atoms with Gasteiger partial charge in [-0.1, -0.05) is 45.0 Å². The molecule has 34 heavy (non-hydrogen) atoms. The Morgan fingerprint density at radius 2 is 1.53 bits per heavy atom. The van der Waals surface area contributed by atoms with Crippen molar-refractivity contribution in [3.8, 4) is 16.9 Å². The molecular weight excluding hydrogens is 430 g/mol. The second-order valence-corrected chi connectivity index (χ2v) is 9.41. The molecule has 0 saturated carbocycles. The molecule has 0 unspecified atom stereocenters. The Bertz CT molecular complexity index is 1500. The van der Waals surface area contributed by atoms with Gasteiger partial charge in [0.15, 0.2) is 0 Å². The number of esters is 1. The maximum atomic E-state index is 13.3. The molecule has 0 saturated heterocycles. The number of carbonyl (C=O) groups excluding carboxylic acids is 1. The minimum absolute atomic E-state index is 0.00838. The van der Waals surface area contributed by atoms with Gasteiger partial charge in [-0.05, 0) is 47.7 Å². The van der Waals surface area contributed by atoms with Gasteiger partial charge < -0.3 is 9.30 Å². The molecular formula is C27H29N3O4. The van der Waals surface area contributed by atoms with Gasteiger partial charge in [0.1, 0.15) is 0 Å². The number of carbonyl (C=O) groups is 1. The number of benzene rings is 2. The van der Waals surface area contributed by atoms with Crippen molar-refractivity contribution in [2.45, 2.75) is 33.1 Å². The van der Waals surface area contributed by atoms with Crippen molar-refractivity contribution in [1.82, 2.24) is 13.7 Å². The Labute approximate surface area is 197 Å². The Balaban J connectivity index is 2.00. The summed E-state index contributed by atoms with van der Waals surface area (Å²) in [6.45, 7) is 8.51. The van der Waals surface area contributed by atoms with Gasteiger partial charge in [-0.15, -0.1) is 0 Å². The number of aromatic nitrogens is 3. The lowest BCUT2D eigenvalue weighted by Gasteiger charge is -2.19. The Morgan fingerprint density at radius 1 is 0.912 bits per heavy atom. The van der Waals surface area contributed by atoms with Crippen molar-refractivity contribution >= 4 is 16.9 Å². The first-order chi connectivity index (χ1) is 16.0. The molecule has 7 heteroatoms. The summed E-state index contributed by atoms with van der Waals surface area (Å²) in [5, 5.41) is 0.461. The summed E-state index contributed by atoms with van der Waals surface area (Å²) < 4.78 is 9.59. The van der Waals surface area contributed by atoms with E-state index < -0.39 is 0 Å². The third-order valence-electron chi connectivity index (χ3n) is 6.12. The highest BCUT2D eigenvalue weighted by molar-refractivity contribution is 5.95. The Kier molecular flexibility index (Phi) is 5.81. The van der Waals surface area contributed by atoms with Crippen molar-refractivity contribution in [2.75, 3.05) is 6.61 Å². The third-order valence-corrected chi connectivity index (χ3v) is 6.12. The fourth-order valence-electron chi connectivity index (χ4n) is 4.13. The van der Waals surface area contributed by atoms with Crippen molar-refractivity contribution in [3.63, 3.8) is 0 Å². The van der Waals surface area contributed by atoms with Crippen LogP contribution in [-0.4, -0.2) is 26.3 Å². The number of aryl methyl sites for hydroxylation is 1. The Hall–Kier alpha value is -3.87. The fourth-order valence-corrected chi connectivity index (χ4v) is 4.13. The summed E-state index contributed by atoms with van der Waals surface area (Å²) in [4.78, 5) is 37.9. The van der Waals surface area contributed by atoms with Crippen LogP contribution in [-0.2, 0) is 24.2 Å².